The molecule has 3 N–H and O–H groups in total. The molecule has 0 fully saturated rings. The first kappa shape index (κ1) is 14.2. The number of H-pyrrole nitrogens is 2. The number of rotatable bonds is 3. The molecule has 2 aromatic carbocycles. The number of para-hydroxylation sites is 2. The highest BCUT2D eigenvalue weighted by Crippen LogP contribution is 2.35. The van der Waals surface area contributed by atoms with Crippen LogP contribution >= 0.6 is 0 Å². The van der Waals surface area contributed by atoms with E-state index in [1.807, 2.05) is 48.5 Å². The molecule has 0 bridgehead atoms. The number of benzene rings is 2. The number of aromatic nitrogens is 2. The minimum absolute atomic E-state index is 0.0974. The first-order valence-corrected chi connectivity index (χ1v) is 7.51. The van der Waals surface area contributed by atoms with Crippen LogP contribution in [0.25, 0.3) is 21.8 Å². The van der Waals surface area contributed by atoms with Gasteiger partial charge in [-0.15, -0.1) is 10.2 Å². The number of fused-ring (bicyclic) bond motifs is 2. The topological polar surface area (TPSA) is 93.6 Å². The lowest BCUT2D eigenvalue weighted by Crippen LogP contribution is -1.96. The van der Waals surface area contributed by atoms with E-state index in [2.05, 4.69) is 20.2 Å². The minimum Gasteiger partial charge on any atom is -0.493 e. The van der Waals surface area contributed by atoms with Crippen molar-refractivity contribution >= 4 is 33.4 Å². The summed E-state index contributed by atoms with van der Waals surface area (Å²) in [5.41, 5.74) is 2.87. The Hall–Kier alpha value is -3.41. The molecule has 1 amide bonds. The average Bonchev–Trinajstić information content (AvgIpc) is 3.14. The number of aromatic amines is 2. The zero-order valence-corrected chi connectivity index (χ0v) is 12.7. The Morgan fingerprint density at radius 1 is 1.00 bits per heavy atom. The van der Waals surface area contributed by atoms with Gasteiger partial charge in [-0.3, -0.25) is 4.79 Å². The lowest BCUT2D eigenvalue weighted by molar-refractivity contribution is -0.117. The summed E-state index contributed by atoms with van der Waals surface area (Å²) in [5.74, 6) is -0.468. The van der Waals surface area contributed by atoms with Gasteiger partial charge in [-0.25, -0.2) is 0 Å². The monoisotopic (exact) mass is 318 g/mol. The van der Waals surface area contributed by atoms with Crippen LogP contribution in [0, 0.1) is 0 Å². The van der Waals surface area contributed by atoms with Gasteiger partial charge in [-0.05, 0) is 17.7 Å². The van der Waals surface area contributed by atoms with Crippen molar-refractivity contribution in [3.8, 4) is 5.88 Å². The van der Waals surface area contributed by atoms with E-state index in [1.54, 1.807) is 6.20 Å². The smallest absolute Gasteiger partial charge is 0.269 e. The predicted octanol–water partition coefficient (Wildman–Crippen LogP) is 4.21. The van der Waals surface area contributed by atoms with Crippen molar-refractivity contribution in [2.45, 2.75) is 6.42 Å². The fourth-order valence-corrected chi connectivity index (χ4v) is 2.80. The molecule has 0 spiro atoms. The lowest BCUT2D eigenvalue weighted by Gasteiger charge is -1.95. The SMILES string of the molecule is O=C(Cc1c[nH]c2ccccc12)N=Nc1c(O)[nH]c2ccccc12. The second kappa shape index (κ2) is 5.66. The highest BCUT2D eigenvalue weighted by molar-refractivity contribution is 5.94. The van der Waals surface area contributed by atoms with E-state index in [-0.39, 0.29) is 23.9 Å². The molecule has 0 aliphatic heterocycles. The Morgan fingerprint density at radius 2 is 1.71 bits per heavy atom. The second-order valence-corrected chi connectivity index (χ2v) is 5.50. The van der Waals surface area contributed by atoms with Gasteiger partial charge in [0.1, 0.15) is 0 Å². The van der Waals surface area contributed by atoms with Gasteiger partial charge in [0.15, 0.2) is 5.69 Å². The number of azo groups is 1. The van der Waals surface area contributed by atoms with Crippen LogP contribution in [-0.4, -0.2) is 21.0 Å². The minimum atomic E-state index is -0.371. The Kier molecular flexibility index (Phi) is 3.35. The number of hydrogen-bond acceptors (Lipinski definition) is 3. The Balaban J connectivity index is 1.59. The van der Waals surface area contributed by atoms with Crippen LogP contribution in [0.1, 0.15) is 5.56 Å². The fourth-order valence-electron chi connectivity index (χ4n) is 2.80. The zero-order chi connectivity index (χ0) is 16.5. The van der Waals surface area contributed by atoms with Crippen molar-refractivity contribution in [2.75, 3.05) is 0 Å². The van der Waals surface area contributed by atoms with Gasteiger partial charge in [0.2, 0.25) is 5.88 Å². The molecule has 0 saturated heterocycles. The summed E-state index contributed by atoms with van der Waals surface area (Å²) in [4.78, 5) is 18.1. The van der Waals surface area contributed by atoms with Crippen LogP contribution in [0.2, 0.25) is 0 Å². The molecule has 4 aromatic rings. The first-order valence-electron chi connectivity index (χ1n) is 7.51. The number of nitrogens with one attached hydrogen (secondary N) is 2. The van der Waals surface area contributed by atoms with Gasteiger partial charge >= 0.3 is 0 Å². The van der Waals surface area contributed by atoms with Gasteiger partial charge in [-0.1, -0.05) is 36.4 Å². The molecule has 2 heterocycles. The van der Waals surface area contributed by atoms with Crippen molar-refractivity contribution < 1.29 is 9.90 Å². The van der Waals surface area contributed by atoms with Crippen LogP contribution in [0.15, 0.2) is 65.0 Å². The maximum Gasteiger partial charge on any atom is 0.269 e. The average molecular weight is 318 g/mol. The van der Waals surface area contributed by atoms with E-state index in [4.69, 9.17) is 0 Å². The molecule has 0 aliphatic carbocycles. The summed E-state index contributed by atoms with van der Waals surface area (Å²) in [6, 6.07) is 15.1. The Bertz CT molecular complexity index is 1070. The Morgan fingerprint density at radius 3 is 2.54 bits per heavy atom. The largest absolute Gasteiger partial charge is 0.493 e. The summed E-state index contributed by atoms with van der Waals surface area (Å²) in [5, 5.41) is 19.3. The van der Waals surface area contributed by atoms with E-state index in [9.17, 15) is 9.90 Å². The fraction of sp³-hybridized carbons (Fsp3) is 0.0556. The van der Waals surface area contributed by atoms with Crippen LogP contribution in [0.5, 0.6) is 5.88 Å². The van der Waals surface area contributed by atoms with Crippen molar-refractivity contribution in [3.05, 3.63) is 60.3 Å². The molecule has 0 unspecified atom stereocenters. The molecular weight excluding hydrogens is 304 g/mol. The third-order valence-electron chi connectivity index (χ3n) is 3.94. The van der Waals surface area contributed by atoms with Gasteiger partial charge in [0.25, 0.3) is 5.91 Å². The van der Waals surface area contributed by atoms with Gasteiger partial charge in [0, 0.05) is 22.5 Å². The second-order valence-electron chi connectivity index (χ2n) is 5.50. The molecule has 6 heteroatoms. The molecule has 0 radical (unpaired) electrons. The predicted molar refractivity (Wildman–Crippen MR) is 91.5 cm³/mol. The molecule has 4 rings (SSSR count). The van der Waals surface area contributed by atoms with Crippen LogP contribution in [0.3, 0.4) is 0 Å². The van der Waals surface area contributed by atoms with Crippen LogP contribution in [0.4, 0.5) is 5.69 Å². The van der Waals surface area contributed by atoms with Crippen molar-refractivity contribution in [3.63, 3.8) is 0 Å². The van der Waals surface area contributed by atoms with Gasteiger partial charge < -0.3 is 15.1 Å². The highest BCUT2D eigenvalue weighted by atomic mass is 16.3. The summed E-state index contributed by atoms with van der Waals surface area (Å²) in [6.07, 6.45) is 1.96. The maximum atomic E-state index is 12.1. The van der Waals surface area contributed by atoms with Crippen molar-refractivity contribution in [1.29, 1.82) is 0 Å². The summed E-state index contributed by atoms with van der Waals surface area (Å²) in [7, 11) is 0. The van der Waals surface area contributed by atoms with E-state index in [1.165, 1.54) is 0 Å². The molecule has 2 aromatic heterocycles. The standard InChI is InChI=1S/C18H14N4O2/c23-16(9-11-10-19-14-7-3-1-5-12(11)14)21-22-17-13-6-2-4-8-15(13)20-18(17)24/h1-8,10,19-20,24H,9H2. The van der Waals surface area contributed by atoms with Crippen LogP contribution in [-0.2, 0) is 11.2 Å². The van der Waals surface area contributed by atoms with Gasteiger partial charge in [0.05, 0.1) is 11.9 Å². The molecule has 0 atom stereocenters. The number of aromatic hydroxyl groups is 1. The molecule has 24 heavy (non-hydrogen) atoms. The number of carbonyl (C=O) groups excluding carboxylic acids is 1. The molecular formula is C18H14N4O2. The summed E-state index contributed by atoms with van der Waals surface area (Å²) < 4.78 is 0. The maximum absolute atomic E-state index is 12.1. The van der Waals surface area contributed by atoms with E-state index in [0.29, 0.717) is 0 Å². The van der Waals surface area contributed by atoms with Crippen molar-refractivity contribution in [1.82, 2.24) is 9.97 Å². The number of carbonyl (C=O) groups is 1. The third kappa shape index (κ3) is 2.44. The summed E-state index contributed by atoms with van der Waals surface area (Å²) in [6.45, 7) is 0. The summed E-state index contributed by atoms with van der Waals surface area (Å²) >= 11 is 0. The number of hydrogen-bond donors (Lipinski definition) is 3. The van der Waals surface area contributed by atoms with Crippen molar-refractivity contribution in [2.24, 2.45) is 10.2 Å². The normalized spacial score (nSPS) is 11.7. The molecule has 0 saturated carbocycles. The van der Waals surface area contributed by atoms with E-state index in [0.717, 1.165) is 27.4 Å². The van der Waals surface area contributed by atoms with Gasteiger partial charge in [-0.2, -0.15) is 0 Å². The highest BCUT2D eigenvalue weighted by Gasteiger charge is 2.11. The Labute approximate surface area is 136 Å². The first-order chi connectivity index (χ1) is 11.7. The zero-order valence-electron chi connectivity index (χ0n) is 12.7. The molecule has 6 nitrogen and oxygen atoms in total. The van der Waals surface area contributed by atoms with Crippen LogP contribution < -0.4 is 0 Å². The van der Waals surface area contributed by atoms with E-state index < -0.39 is 0 Å². The molecule has 118 valence electrons. The number of amides is 1. The molecule has 0 aliphatic rings. The van der Waals surface area contributed by atoms with E-state index >= 15 is 0 Å². The quantitative estimate of drug-likeness (QED) is 0.494. The number of nitrogens with zero attached hydrogens (tertiary/aromatic N) is 2. The third-order valence-corrected chi connectivity index (χ3v) is 3.94. The lowest BCUT2D eigenvalue weighted by atomic mass is 10.1.